The summed E-state index contributed by atoms with van der Waals surface area (Å²) < 4.78 is 13.4. The number of rotatable bonds is 2. The largest absolute Gasteiger partial charge is 0.294 e. The predicted octanol–water partition coefficient (Wildman–Crippen LogP) is 3.21. The van der Waals surface area contributed by atoms with Crippen LogP contribution in [0.15, 0.2) is 12.1 Å². The summed E-state index contributed by atoms with van der Waals surface area (Å²) in [5.74, 6) is -0.0385. The number of carbonyl (C=O) groups excluding carboxylic acids is 1. The molecule has 1 fully saturated rings. The van der Waals surface area contributed by atoms with E-state index >= 15 is 0 Å². The van der Waals surface area contributed by atoms with Crippen molar-refractivity contribution in [2.45, 2.75) is 32.6 Å². The first-order valence-corrected chi connectivity index (χ1v) is 4.90. The molecule has 0 spiro atoms. The van der Waals surface area contributed by atoms with E-state index in [1.165, 1.54) is 13.0 Å². The molecule has 74 valence electrons. The number of benzene rings is 1. The summed E-state index contributed by atoms with van der Waals surface area (Å²) in [7, 11) is 0. The molecule has 1 saturated carbocycles. The second-order valence-corrected chi connectivity index (χ2v) is 4.02. The number of carbonyl (C=O) groups is 1. The quantitative estimate of drug-likeness (QED) is 0.657. The van der Waals surface area contributed by atoms with Crippen LogP contribution in [-0.2, 0) is 0 Å². The van der Waals surface area contributed by atoms with Gasteiger partial charge in [0.15, 0.2) is 5.78 Å². The average Bonchev–Trinajstić information content (AvgIpc) is 2.91. The third-order valence-electron chi connectivity index (χ3n) is 2.75. The monoisotopic (exact) mass is 192 g/mol. The zero-order chi connectivity index (χ0) is 10.3. The highest BCUT2D eigenvalue weighted by atomic mass is 19.1. The van der Waals surface area contributed by atoms with Crippen LogP contribution in [0.1, 0.15) is 47.2 Å². The summed E-state index contributed by atoms with van der Waals surface area (Å²) >= 11 is 0. The molecule has 1 aliphatic carbocycles. The van der Waals surface area contributed by atoms with Crippen molar-refractivity contribution in [3.63, 3.8) is 0 Å². The van der Waals surface area contributed by atoms with Gasteiger partial charge < -0.3 is 0 Å². The van der Waals surface area contributed by atoms with Gasteiger partial charge in [0.1, 0.15) is 5.82 Å². The van der Waals surface area contributed by atoms with Gasteiger partial charge in [0.2, 0.25) is 0 Å². The van der Waals surface area contributed by atoms with Crippen molar-refractivity contribution in [3.05, 3.63) is 34.6 Å². The Kier molecular flexibility index (Phi) is 2.14. The van der Waals surface area contributed by atoms with Gasteiger partial charge in [-0.25, -0.2) is 4.39 Å². The second-order valence-electron chi connectivity index (χ2n) is 4.02. The average molecular weight is 192 g/mol. The van der Waals surface area contributed by atoms with Crippen LogP contribution >= 0.6 is 0 Å². The Morgan fingerprint density at radius 3 is 2.57 bits per heavy atom. The Bertz CT molecular complexity index is 392. The standard InChI is InChI=1S/C12H13FO/c1-7-5-11(8(2)14)12(13)6-10(7)9-3-4-9/h5-6,9H,3-4H2,1-2H3. The molecule has 0 atom stereocenters. The van der Waals surface area contributed by atoms with Gasteiger partial charge in [-0.1, -0.05) is 0 Å². The van der Waals surface area contributed by atoms with Crippen molar-refractivity contribution in [2.24, 2.45) is 0 Å². The molecule has 1 aromatic rings. The van der Waals surface area contributed by atoms with Crippen molar-refractivity contribution < 1.29 is 9.18 Å². The molecule has 1 aromatic carbocycles. The summed E-state index contributed by atoms with van der Waals surface area (Å²) in [6.45, 7) is 3.34. The van der Waals surface area contributed by atoms with Crippen LogP contribution < -0.4 is 0 Å². The molecule has 0 saturated heterocycles. The van der Waals surface area contributed by atoms with Gasteiger partial charge in [-0.2, -0.15) is 0 Å². The number of Topliss-reactive ketones (excluding diaryl/α,β-unsaturated/α-hetero) is 1. The zero-order valence-electron chi connectivity index (χ0n) is 8.43. The third kappa shape index (κ3) is 1.57. The summed E-state index contributed by atoms with van der Waals surface area (Å²) in [5.41, 5.74) is 2.33. The summed E-state index contributed by atoms with van der Waals surface area (Å²) in [4.78, 5) is 11.1. The van der Waals surface area contributed by atoms with Crippen LogP contribution in [-0.4, -0.2) is 5.78 Å². The zero-order valence-corrected chi connectivity index (χ0v) is 8.43. The lowest BCUT2D eigenvalue weighted by Gasteiger charge is -2.07. The summed E-state index contributed by atoms with van der Waals surface area (Å²) in [6.07, 6.45) is 2.30. The Morgan fingerprint density at radius 1 is 1.43 bits per heavy atom. The van der Waals surface area contributed by atoms with Crippen molar-refractivity contribution in [3.8, 4) is 0 Å². The maximum Gasteiger partial charge on any atom is 0.162 e. The lowest BCUT2D eigenvalue weighted by atomic mass is 9.99. The molecule has 0 unspecified atom stereocenters. The smallest absolute Gasteiger partial charge is 0.162 e. The molecular formula is C12H13FO. The van der Waals surface area contributed by atoms with Gasteiger partial charge in [0, 0.05) is 0 Å². The first kappa shape index (κ1) is 9.38. The van der Waals surface area contributed by atoms with Gasteiger partial charge in [0.05, 0.1) is 5.56 Å². The molecule has 1 nitrogen and oxygen atoms in total. The fourth-order valence-corrected chi connectivity index (χ4v) is 1.80. The molecular weight excluding hydrogens is 179 g/mol. The highest BCUT2D eigenvalue weighted by Gasteiger charge is 2.26. The molecule has 1 aliphatic rings. The lowest BCUT2D eigenvalue weighted by Crippen LogP contribution is -2.00. The van der Waals surface area contributed by atoms with Crippen LogP contribution in [0.5, 0.6) is 0 Å². The Hall–Kier alpha value is -1.18. The van der Waals surface area contributed by atoms with Crippen LogP contribution in [0.4, 0.5) is 4.39 Å². The maximum absolute atomic E-state index is 13.4. The fourth-order valence-electron chi connectivity index (χ4n) is 1.80. The van der Waals surface area contributed by atoms with Crippen LogP contribution in [0, 0.1) is 12.7 Å². The van der Waals surface area contributed by atoms with E-state index in [9.17, 15) is 9.18 Å². The van der Waals surface area contributed by atoms with E-state index in [1.54, 1.807) is 6.07 Å². The van der Waals surface area contributed by atoms with E-state index in [2.05, 4.69) is 0 Å². The topological polar surface area (TPSA) is 17.1 Å². The van der Waals surface area contributed by atoms with Crippen LogP contribution in [0.2, 0.25) is 0 Å². The van der Waals surface area contributed by atoms with Crippen molar-refractivity contribution in [2.75, 3.05) is 0 Å². The SMILES string of the molecule is CC(=O)c1cc(C)c(C2CC2)cc1F. The third-order valence-corrected chi connectivity index (χ3v) is 2.75. The number of hydrogen-bond donors (Lipinski definition) is 0. The van der Waals surface area contributed by atoms with Gasteiger partial charge in [0.25, 0.3) is 0 Å². The normalized spacial score (nSPS) is 15.6. The molecule has 2 rings (SSSR count). The van der Waals surface area contributed by atoms with Crippen molar-refractivity contribution in [1.82, 2.24) is 0 Å². The maximum atomic E-state index is 13.4. The van der Waals surface area contributed by atoms with Crippen molar-refractivity contribution >= 4 is 5.78 Å². The molecule has 2 heteroatoms. The highest BCUT2D eigenvalue weighted by molar-refractivity contribution is 5.94. The molecule has 0 N–H and O–H groups in total. The number of hydrogen-bond acceptors (Lipinski definition) is 1. The molecule has 0 aromatic heterocycles. The second kappa shape index (κ2) is 3.19. The van der Waals surface area contributed by atoms with Gasteiger partial charge in [-0.05, 0) is 55.9 Å². The van der Waals surface area contributed by atoms with Crippen LogP contribution in [0.3, 0.4) is 0 Å². The van der Waals surface area contributed by atoms with E-state index in [-0.39, 0.29) is 17.2 Å². The molecule has 0 bridgehead atoms. The van der Waals surface area contributed by atoms with Crippen LogP contribution in [0.25, 0.3) is 0 Å². The minimum atomic E-state index is -0.370. The van der Waals surface area contributed by atoms with E-state index in [0.29, 0.717) is 5.92 Å². The summed E-state index contributed by atoms with van der Waals surface area (Å²) in [5, 5.41) is 0. The number of halogens is 1. The Balaban J connectivity index is 2.48. The molecule has 14 heavy (non-hydrogen) atoms. The minimum Gasteiger partial charge on any atom is -0.294 e. The first-order chi connectivity index (χ1) is 6.59. The Morgan fingerprint density at radius 2 is 2.07 bits per heavy atom. The first-order valence-electron chi connectivity index (χ1n) is 4.90. The number of ketones is 1. The van der Waals surface area contributed by atoms with E-state index in [1.807, 2.05) is 6.92 Å². The van der Waals surface area contributed by atoms with E-state index in [0.717, 1.165) is 24.0 Å². The molecule has 0 heterocycles. The molecule has 0 radical (unpaired) electrons. The molecule has 0 aliphatic heterocycles. The van der Waals surface area contributed by atoms with E-state index in [4.69, 9.17) is 0 Å². The molecule has 0 amide bonds. The van der Waals surface area contributed by atoms with Gasteiger partial charge >= 0.3 is 0 Å². The van der Waals surface area contributed by atoms with Crippen molar-refractivity contribution in [1.29, 1.82) is 0 Å². The Labute approximate surface area is 82.9 Å². The van der Waals surface area contributed by atoms with Gasteiger partial charge in [-0.15, -0.1) is 0 Å². The van der Waals surface area contributed by atoms with Gasteiger partial charge in [-0.3, -0.25) is 4.79 Å². The number of aryl methyl sites for hydroxylation is 1. The minimum absolute atomic E-state index is 0.201. The van der Waals surface area contributed by atoms with E-state index < -0.39 is 0 Å². The predicted molar refractivity (Wildman–Crippen MR) is 53.1 cm³/mol. The summed E-state index contributed by atoms with van der Waals surface area (Å²) in [6, 6.07) is 3.20. The fraction of sp³-hybridized carbons (Fsp3) is 0.417. The highest BCUT2D eigenvalue weighted by Crippen LogP contribution is 2.42. The lowest BCUT2D eigenvalue weighted by molar-refractivity contribution is 0.101.